The topological polar surface area (TPSA) is 38.1 Å². The van der Waals surface area contributed by atoms with E-state index >= 15 is 0 Å². The first-order chi connectivity index (χ1) is 11.8. The Morgan fingerprint density at radius 3 is 2.62 bits per heavy atom. The van der Waals surface area contributed by atoms with Crippen LogP contribution < -0.4 is 4.90 Å². The Labute approximate surface area is 142 Å². The first kappa shape index (κ1) is 16.0. The predicted molar refractivity (Wildman–Crippen MR) is 96.6 cm³/mol. The maximum absolute atomic E-state index is 13.1. The lowest BCUT2D eigenvalue weighted by atomic mass is 10.1. The van der Waals surface area contributed by atoms with Gasteiger partial charge in [0.2, 0.25) is 0 Å². The molecular formula is C20H21N3O. The lowest BCUT2D eigenvalue weighted by molar-refractivity contribution is 0.0986. The Bertz CT molecular complexity index is 782. The van der Waals surface area contributed by atoms with Gasteiger partial charge in [-0.1, -0.05) is 37.6 Å². The van der Waals surface area contributed by atoms with Crippen molar-refractivity contribution in [2.45, 2.75) is 19.8 Å². The Kier molecular flexibility index (Phi) is 5.06. The summed E-state index contributed by atoms with van der Waals surface area (Å²) in [6, 6.07) is 19.3. The van der Waals surface area contributed by atoms with Gasteiger partial charge in [0.25, 0.3) is 5.91 Å². The molecule has 4 nitrogen and oxygen atoms in total. The summed E-state index contributed by atoms with van der Waals surface area (Å²) in [5.41, 5.74) is 2.48. The minimum absolute atomic E-state index is 0.0173. The van der Waals surface area contributed by atoms with Crippen molar-refractivity contribution in [2.75, 3.05) is 11.4 Å². The fourth-order valence-electron chi connectivity index (χ4n) is 2.63. The van der Waals surface area contributed by atoms with Gasteiger partial charge in [0.05, 0.1) is 5.69 Å². The highest BCUT2D eigenvalue weighted by molar-refractivity contribution is 6.06. The van der Waals surface area contributed by atoms with Crippen LogP contribution in [0.3, 0.4) is 0 Å². The summed E-state index contributed by atoms with van der Waals surface area (Å²) in [7, 11) is 0. The molecule has 0 saturated heterocycles. The Balaban J connectivity index is 1.91. The Morgan fingerprint density at radius 1 is 1.08 bits per heavy atom. The maximum atomic E-state index is 13.1. The lowest BCUT2D eigenvalue weighted by Crippen LogP contribution is -2.32. The fourth-order valence-corrected chi connectivity index (χ4v) is 2.63. The molecule has 0 bridgehead atoms. The van der Waals surface area contributed by atoms with Crippen LogP contribution in [-0.2, 0) is 0 Å². The average Bonchev–Trinajstić information content (AvgIpc) is 3.18. The van der Waals surface area contributed by atoms with Crippen molar-refractivity contribution in [3.8, 4) is 5.69 Å². The first-order valence-electron chi connectivity index (χ1n) is 8.26. The van der Waals surface area contributed by atoms with Crippen LogP contribution in [0.2, 0.25) is 0 Å². The quantitative estimate of drug-likeness (QED) is 0.678. The second kappa shape index (κ2) is 7.59. The van der Waals surface area contributed by atoms with E-state index in [4.69, 9.17) is 0 Å². The van der Waals surface area contributed by atoms with Crippen LogP contribution in [0.25, 0.3) is 5.69 Å². The SMILES string of the molecule is CCCCN(C(=O)c1cccc(-n2cccn2)c1)c1ccccc1. The number of para-hydroxylation sites is 1. The van der Waals surface area contributed by atoms with E-state index < -0.39 is 0 Å². The number of carbonyl (C=O) groups is 1. The van der Waals surface area contributed by atoms with Gasteiger partial charge in [-0.25, -0.2) is 4.68 Å². The van der Waals surface area contributed by atoms with E-state index in [0.717, 1.165) is 24.2 Å². The number of amides is 1. The van der Waals surface area contributed by atoms with Crippen LogP contribution in [0.5, 0.6) is 0 Å². The molecule has 2 aromatic carbocycles. The molecule has 1 heterocycles. The summed E-state index contributed by atoms with van der Waals surface area (Å²) in [5, 5.41) is 4.23. The van der Waals surface area contributed by atoms with Gasteiger partial charge in [-0.05, 0) is 42.8 Å². The largest absolute Gasteiger partial charge is 0.308 e. The molecule has 0 saturated carbocycles. The van der Waals surface area contributed by atoms with Crippen LogP contribution in [-0.4, -0.2) is 22.2 Å². The molecule has 122 valence electrons. The number of aromatic nitrogens is 2. The van der Waals surface area contributed by atoms with Gasteiger partial charge >= 0.3 is 0 Å². The van der Waals surface area contributed by atoms with Crippen molar-refractivity contribution < 1.29 is 4.79 Å². The zero-order valence-electron chi connectivity index (χ0n) is 13.8. The molecule has 0 aliphatic heterocycles. The predicted octanol–water partition coefficient (Wildman–Crippen LogP) is 4.32. The fraction of sp³-hybridized carbons (Fsp3) is 0.200. The van der Waals surface area contributed by atoms with Crippen LogP contribution in [0.15, 0.2) is 73.1 Å². The second-order valence-electron chi connectivity index (χ2n) is 5.65. The molecule has 24 heavy (non-hydrogen) atoms. The normalized spacial score (nSPS) is 10.5. The molecule has 0 aliphatic carbocycles. The van der Waals surface area contributed by atoms with E-state index in [1.807, 2.05) is 71.8 Å². The van der Waals surface area contributed by atoms with Gasteiger partial charge in [-0.2, -0.15) is 5.10 Å². The molecule has 0 atom stereocenters. The van der Waals surface area contributed by atoms with E-state index in [-0.39, 0.29) is 5.91 Å². The molecule has 3 aromatic rings. The molecule has 1 amide bonds. The summed E-state index contributed by atoms with van der Waals surface area (Å²) in [4.78, 5) is 14.9. The van der Waals surface area contributed by atoms with Gasteiger partial charge < -0.3 is 4.90 Å². The molecule has 3 rings (SSSR count). The number of anilines is 1. The molecule has 0 fully saturated rings. The average molecular weight is 319 g/mol. The monoisotopic (exact) mass is 319 g/mol. The zero-order chi connectivity index (χ0) is 16.8. The molecule has 4 heteroatoms. The second-order valence-corrected chi connectivity index (χ2v) is 5.65. The molecule has 1 aromatic heterocycles. The van der Waals surface area contributed by atoms with Crippen molar-refractivity contribution in [3.63, 3.8) is 0 Å². The van der Waals surface area contributed by atoms with Gasteiger partial charge in [-0.15, -0.1) is 0 Å². The molecule has 0 N–H and O–H groups in total. The molecule has 0 radical (unpaired) electrons. The minimum Gasteiger partial charge on any atom is -0.308 e. The lowest BCUT2D eigenvalue weighted by Gasteiger charge is -2.23. The standard InChI is InChI=1S/C20H21N3O/c1-2-3-14-22(18-10-5-4-6-11-18)20(24)17-9-7-12-19(16-17)23-15-8-13-21-23/h4-13,15-16H,2-3,14H2,1H3. The van der Waals surface area contributed by atoms with Crippen LogP contribution in [0.4, 0.5) is 5.69 Å². The van der Waals surface area contributed by atoms with Gasteiger partial charge in [0, 0.05) is 30.2 Å². The number of rotatable bonds is 6. The molecule has 0 unspecified atom stereocenters. The molecule has 0 aliphatic rings. The highest BCUT2D eigenvalue weighted by Crippen LogP contribution is 2.19. The summed E-state index contributed by atoms with van der Waals surface area (Å²) in [5.74, 6) is 0.0173. The molecule has 0 spiro atoms. The van der Waals surface area contributed by atoms with Gasteiger partial charge in [0.1, 0.15) is 0 Å². The highest BCUT2D eigenvalue weighted by Gasteiger charge is 2.17. The van der Waals surface area contributed by atoms with E-state index in [0.29, 0.717) is 12.1 Å². The zero-order valence-corrected chi connectivity index (χ0v) is 13.8. The minimum atomic E-state index is 0.0173. The van der Waals surface area contributed by atoms with Crippen LogP contribution >= 0.6 is 0 Å². The van der Waals surface area contributed by atoms with E-state index in [9.17, 15) is 4.79 Å². The first-order valence-corrected chi connectivity index (χ1v) is 8.26. The van der Waals surface area contributed by atoms with Gasteiger partial charge in [0.15, 0.2) is 0 Å². The number of carbonyl (C=O) groups excluding carboxylic acids is 1. The van der Waals surface area contributed by atoms with Crippen molar-refractivity contribution in [3.05, 3.63) is 78.6 Å². The number of benzene rings is 2. The third-order valence-electron chi connectivity index (χ3n) is 3.91. The number of hydrogen-bond acceptors (Lipinski definition) is 2. The van der Waals surface area contributed by atoms with Crippen LogP contribution in [0, 0.1) is 0 Å². The number of nitrogens with zero attached hydrogens (tertiary/aromatic N) is 3. The van der Waals surface area contributed by atoms with Crippen molar-refractivity contribution >= 4 is 11.6 Å². The summed E-state index contributed by atoms with van der Waals surface area (Å²) in [6.45, 7) is 2.84. The van der Waals surface area contributed by atoms with E-state index in [1.54, 1.807) is 10.9 Å². The molecular weight excluding hydrogens is 298 g/mol. The third kappa shape index (κ3) is 3.54. The van der Waals surface area contributed by atoms with E-state index in [2.05, 4.69) is 12.0 Å². The Morgan fingerprint density at radius 2 is 1.92 bits per heavy atom. The maximum Gasteiger partial charge on any atom is 0.258 e. The van der Waals surface area contributed by atoms with Crippen molar-refractivity contribution in [1.29, 1.82) is 0 Å². The summed E-state index contributed by atoms with van der Waals surface area (Å²) < 4.78 is 1.76. The summed E-state index contributed by atoms with van der Waals surface area (Å²) in [6.07, 6.45) is 5.62. The van der Waals surface area contributed by atoms with Crippen molar-refractivity contribution in [1.82, 2.24) is 9.78 Å². The van der Waals surface area contributed by atoms with Crippen molar-refractivity contribution in [2.24, 2.45) is 0 Å². The number of unbranched alkanes of at least 4 members (excludes halogenated alkanes) is 1. The number of hydrogen-bond donors (Lipinski definition) is 0. The third-order valence-corrected chi connectivity index (χ3v) is 3.91. The highest BCUT2D eigenvalue weighted by atomic mass is 16.2. The van der Waals surface area contributed by atoms with E-state index in [1.165, 1.54) is 0 Å². The Hall–Kier alpha value is -2.88. The smallest absolute Gasteiger partial charge is 0.258 e. The van der Waals surface area contributed by atoms with Gasteiger partial charge in [-0.3, -0.25) is 4.79 Å². The summed E-state index contributed by atoms with van der Waals surface area (Å²) >= 11 is 0. The van der Waals surface area contributed by atoms with Crippen LogP contribution in [0.1, 0.15) is 30.1 Å².